The SMILES string of the molecule is CCNC1CC(C)Oc2ccc(OC)cc21. The van der Waals surface area contributed by atoms with Crippen LogP contribution < -0.4 is 14.8 Å². The first kappa shape index (κ1) is 11.3. The zero-order chi connectivity index (χ0) is 11.5. The Kier molecular flexibility index (Phi) is 3.34. The maximum absolute atomic E-state index is 5.81. The number of hydrogen-bond donors (Lipinski definition) is 1. The van der Waals surface area contributed by atoms with Gasteiger partial charge in [0.2, 0.25) is 0 Å². The fourth-order valence-electron chi connectivity index (χ4n) is 2.20. The Morgan fingerprint density at radius 1 is 1.50 bits per heavy atom. The second kappa shape index (κ2) is 4.74. The maximum atomic E-state index is 5.81. The number of methoxy groups -OCH3 is 1. The van der Waals surface area contributed by atoms with Crippen LogP contribution in [0.25, 0.3) is 0 Å². The lowest BCUT2D eigenvalue weighted by molar-refractivity contribution is 0.166. The lowest BCUT2D eigenvalue weighted by atomic mass is 9.97. The van der Waals surface area contributed by atoms with Gasteiger partial charge in [0.05, 0.1) is 13.2 Å². The molecule has 0 aromatic heterocycles. The van der Waals surface area contributed by atoms with Gasteiger partial charge >= 0.3 is 0 Å². The number of fused-ring (bicyclic) bond motifs is 1. The maximum Gasteiger partial charge on any atom is 0.124 e. The fourth-order valence-corrected chi connectivity index (χ4v) is 2.20. The smallest absolute Gasteiger partial charge is 0.124 e. The topological polar surface area (TPSA) is 30.5 Å². The second-order valence-corrected chi connectivity index (χ2v) is 4.18. The van der Waals surface area contributed by atoms with Gasteiger partial charge < -0.3 is 14.8 Å². The molecule has 0 saturated heterocycles. The standard InChI is InChI=1S/C13H19NO2/c1-4-14-12-7-9(2)16-13-6-5-10(15-3)8-11(12)13/h5-6,8-9,12,14H,4,7H2,1-3H3. The number of hydrogen-bond acceptors (Lipinski definition) is 3. The molecule has 0 aliphatic carbocycles. The van der Waals surface area contributed by atoms with Gasteiger partial charge in [0.15, 0.2) is 0 Å². The van der Waals surface area contributed by atoms with Gasteiger partial charge in [0, 0.05) is 18.0 Å². The van der Waals surface area contributed by atoms with Crippen molar-refractivity contribution in [2.75, 3.05) is 13.7 Å². The van der Waals surface area contributed by atoms with Crippen LogP contribution in [-0.4, -0.2) is 19.8 Å². The van der Waals surface area contributed by atoms with Crippen LogP contribution >= 0.6 is 0 Å². The summed E-state index contributed by atoms with van der Waals surface area (Å²) in [6.45, 7) is 5.20. The van der Waals surface area contributed by atoms with E-state index in [-0.39, 0.29) is 6.10 Å². The molecule has 0 radical (unpaired) electrons. The molecule has 1 aromatic rings. The van der Waals surface area contributed by atoms with E-state index in [0.29, 0.717) is 6.04 Å². The highest BCUT2D eigenvalue weighted by Gasteiger charge is 2.25. The van der Waals surface area contributed by atoms with E-state index in [1.165, 1.54) is 5.56 Å². The zero-order valence-corrected chi connectivity index (χ0v) is 10.1. The third-order valence-electron chi connectivity index (χ3n) is 2.94. The molecular formula is C13H19NO2. The van der Waals surface area contributed by atoms with Gasteiger partial charge in [-0.25, -0.2) is 0 Å². The first-order chi connectivity index (χ1) is 7.74. The molecule has 2 unspecified atom stereocenters. The molecule has 1 aromatic carbocycles. The van der Waals surface area contributed by atoms with E-state index < -0.39 is 0 Å². The predicted octanol–water partition coefficient (Wildman–Crippen LogP) is 2.52. The molecule has 88 valence electrons. The van der Waals surface area contributed by atoms with Gasteiger partial charge in [-0.2, -0.15) is 0 Å². The van der Waals surface area contributed by atoms with Crippen molar-refractivity contribution in [2.45, 2.75) is 32.4 Å². The predicted molar refractivity (Wildman–Crippen MR) is 64.1 cm³/mol. The Hall–Kier alpha value is -1.22. The molecule has 2 atom stereocenters. The first-order valence-corrected chi connectivity index (χ1v) is 5.82. The molecule has 1 heterocycles. The van der Waals surface area contributed by atoms with Crippen LogP contribution in [0, 0.1) is 0 Å². The third kappa shape index (κ3) is 2.14. The number of nitrogens with one attached hydrogen (secondary N) is 1. The lowest BCUT2D eigenvalue weighted by Crippen LogP contribution is -2.31. The summed E-state index contributed by atoms with van der Waals surface area (Å²) in [5, 5.41) is 3.49. The molecule has 0 bridgehead atoms. The molecule has 0 amide bonds. The Labute approximate surface area is 96.8 Å². The van der Waals surface area contributed by atoms with Crippen LogP contribution in [0.3, 0.4) is 0 Å². The van der Waals surface area contributed by atoms with Crippen molar-refractivity contribution in [3.8, 4) is 11.5 Å². The van der Waals surface area contributed by atoms with Crippen LogP contribution in [0.4, 0.5) is 0 Å². The minimum Gasteiger partial charge on any atom is -0.497 e. The van der Waals surface area contributed by atoms with E-state index in [4.69, 9.17) is 9.47 Å². The molecule has 1 aliphatic rings. The van der Waals surface area contributed by atoms with E-state index in [2.05, 4.69) is 25.2 Å². The zero-order valence-electron chi connectivity index (χ0n) is 10.1. The van der Waals surface area contributed by atoms with E-state index in [0.717, 1.165) is 24.5 Å². The van der Waals surface area contributed by atoms with Crippen LogP contribution in [0.1, 0.15) is 31.9 Å². The second-order valence-electron chi connectivity index (χ2n) is 4.18. The minimum absolute atomic E-state index is 0.268. The summed E-state index contributed by atoms with van der Waals surface area (Å²) in [5.41, 5.74) is 1.21. The summed E-state index contributed by atoms with van der Waals surface area (Å²) in [6.07, 6.45) is 1.28. The monoisotopic (exact) mass is 221 g/mol. The minimum atomic E-state index is 0.268. The van der Waals surface area contributed by atoms with Crippen molar-refractivity contribution in [1.29, 1.82) is 0 Å². The fraction of sp³-hybridized carbons (Fsp3) is 0.538. The molecule has 0 saturated carbocycles. The first-order valence-electron chi connectivity index (χ1n) is 5.82. The van der Waals surface area contributed by atoms with Crippen molar-refractivity contribution >= 4 is 0 Å². The van der Waals surface area contributed by atoms with Crippen molar-refractivity contribution in [3.63, 3.8) is 0 Å². The summed E-state index contributed by atoms with van der Waals surface area (Å²) in [7, 11) is 1.69. The molecule has 0 spiro atoms. The quantitative estimate of drug-likeness (QED) is 0.850. The third-order valence-corrected chi connectivity index (χ3v) is 2.94. The Morgan fingerprint density at radius 3 is 3.00 bits per heavy atom. The highest BCUT2D eigenvalue weighted by molar-refractivity contribution is 5.43. The van der Waals surface area contributed by atoms with Crippen molar-refractivity contribution in [3.05, 3.63) is 23.8 Å². The number of ether oxygens (including phenoxy) is 2. The number of benzene rings is 1. The lowest BCUT2D eigenvalue weighted by Gasteiger charge is -2.31. The molecule has 1 aliphatic heterocycles. The summed E-state index contributed by atoms with van der Waals surface area (Å²) < 4.78 is 11.1. The summed E-state index contributed by atoms with van der Waals surface area (Å²) >= 11 is 0. The average molecular weight is 221 g/mol. The normalized spacial score (nSPS) is 23.4. The highest BCUT2D eigenvalue weighted by Crippen LogP contribution is 2.36. The van der Waals surface area contributed by atoms with E-state index in [1.54, 1.807) is 7.11 Å². The van der Waals surface area contributed by atoms with E-state index in [9.17, 15) is 0 Å². The van der Waals surface area contributed by atoms with Gasteiger partial charge in [-0.15, -0.1) is 0 Å². The largest absolute Gasteiger partial charge is 0.497 e. The van der Waals surface area contributed by atoms with Gasteiger partial charge in [-0.1, -0.05) is 6.92 Å². The summed E-state index contributed by atoms with van der Waals surface area (Å²) in [4.78, 5) is 0. The van der Waals surface area contributed by atoms with E-state index >= 15 is 0 Å². The number of rotatable bonds is 3. The summed E-state index contributed by atoms with van der Waals surface area (Å²) in [5.74, 6) is 1.87. The van der Waals surface area contributed by atoms with Crippen LogP contribution in [0.5, 0.6) is 11.5 Å². The molecule has 2 rings (SSSR count). The Balaban J connectivity index is 2.33. The average Bonchev–Trinajstić information content (AvgIpc) is 2.29. The van der Waals surface area contributed by atoms with Gasteiger partial charge in [0.1, 0.15) is 11.5 Å². The van der Waals surface area contributed by atoms with Gasteiger partial charge in [0.25, 0.3) is 0 Å². The molecule has 3 nitrogen and oxygen atoms in total. The molecule has 1 N–H and O–H groups in total. The molecular weight excluding hydrogens is 202 g/mol. The van der Waals surface area contributed by atoms with Gasteiger partial charge in [-0.3, -0.25) is 0 Å². The molecule has 0 fully saturated rings. The van der Waals surface area contributed by atoms with Crippen LogP contribution in [0.15, 0.2) is 18.2 Å². The highest BCUT2D eigenvalue weighted by atomic mass is 16.5. The van der Waals surface area contributed by atoms with Crippen molar-refractivity contribution in [2.24, 2.45) is 0 Å². The van der Waals surface area contributed by atoms with E-state index in [1.807, 2.05) is 12.1 Å². The Morgan fingerprint density at radius 2 is 2.31 bits per heavy atom. The van der Waals surface area contributed by atoms with Crippen molar-refractivity contribution < 1.29 is 9.47 Å². The van der Waals surface area contributed by atoms with Crippen LogP contribution in [-0.2, 0) is 0 Å². The molecule has 3 heteroatoms. The van der Waals surface area contributed by atoms with Crippen LogP contribution in [0.2, 0.25) is 0 Å². The molecule has 16 heavy (non-hydrogen) atoms. The van der Waals surface area contributed by atoms with Gasteiger partial charge in [-0.05, 0) is 31.7 Å². The Bertz CT molecular complexity index is 365. The summed E-state index contributed by atoms with van der Waals surface area (Å²) in [6, 6.07) is 6.38. The van der Waals surface area contributed by atoms with Crippen molar-refractivity contribution in [1.82, 2.24) is 5.32 Å².